The van der Waals surface area contributed by atoms with E-state index in [0.29, 0.717) is 6.04 Å². The lowest BCUT2D eigenvalue weighted by atomic mass is 9.89. The summed E-state index contributed by atoms with van der Waals surface area (Å²) in [5, 5.41) is 7.30. The maximum absolute atomic E-state index is 3.73. The molecule has 0 saturated carbocycles. The van der Waals surface area contributed by atoms with Gasteiger partial charge in [-0.1, -0.05) is 23.8 Å². The highest BCUT2D eigenvalue weighted by Gasteiger charge is 2.26. The molecule has 1 heterocycles. The molecule has 0 bridgehead atoms. The average molecular weight is 260 g/mol. The Morgan fingerprint density at radius 2 is 2.11 bits per heavy atom. The normalized spacial score (nSPS) is 22.4. The van der Waals surface area contributed by atoms with Gasteiger partial charge in [-0.2, -0.15) is 0 Å². The smallest absolute Gasteiger partial charge is 0.0139 e. The summed E-state index contributed by atoms with van der Waals surface area (Å²) in [6.45, 7) is 11.2. The molecule has 2 rings (SSSR count). The summed E-state index contributed by atoms with van der Waals surface area (Å²) in [6, 6.07) is 7.44. The van der Waals surface area contributed by atoms with Crippen LogP contribution in [-0.2, 0) is 6.42 Å². The van der Waals surface area contributed by atoms with Crippen molar-refractivity contribution < 1.29 is 0 Å². The minimum atomic E-state index is 0.287. The van der Waals surface area contributed by atoms with Crippen molar-refractivity contribution in [2.45, 2.75) is 58.5 Å². The molecule has 0 amide bonds. The Morgan fingerprint density at radius 3 is 2.79 bits per heavy atom. The first kappa shape index (κ1) is 14.5. The highest BCUT2D eigenvalue weighted by molar-refractivity contribution is 5.30. The number of hydrogen-bond acceptors (Lipinski definition) is 2. The molecule has 1 saturated heterocycles. The van der Waals surface area contributed by atoms with E-state index in [1.807, 2.05) is 0 Å². The van der Waals surface area contributed by atoms with Crippen molar-refractivity contribution in [1.82, 2.24) is 10.6 Å². The molecule has 1 aliphatic heterocycles. The van der Waals surface area contributed by atoms with Gasteiger partial charge in [0.15, 0.2) is 0 Å². The summed E-state index contributed by atoms with van der Waals surface area (Å²) in [6.07, 6.45) is 3.60. The van der Waals surface area contributed by atoms with Gasteiger partial charge in [0.2, 0.25) is 0 Å². The van der Waals surface area contributed by atoms with E-state index in [9.17, 15) is 0 Å². The standard InChI is InChI=1S/C17H28N2/c1-13-5-6-15(14(2)11-13)7-9-18-16-8-10-19-17(3,4)12-16/h5-6,11,16,18-19H,7-10,12H2,1-4H3. The molecular formula is C17H28N2. The van der Waals surface area contributed by atoms with Crippen LogP contribution in [-0.4, -0.2) is 24.7 Å². The van der Waals surface area contributed by atoms with Gasteiger partial charge in [0.1, 0.15) is 0 Å². The maximum Gasteiger partial charge on any atom is 0.0139 e. The Morgan fingerprint density at radius 1 is 1.32 bits per heavy atom. The largest absolute Gasteiger partial charge is 0.314 e. The van der Waals surface area contributed by atoms with Gasteiger partial charge in [0, 0.05) is 11.6 Å². The van der Waals surface area contributed by atoms with Crippen LogP contribution < -0.4 is 10.6 Å². The Labute approximate surface area is 118 Å². The molecule has 106 valence electrons. The van der Waals surface area contributed by atoms with Crippen molar-refractivity contribution >= 4 is 0 Å². The van der Waals surface area contributed by atoms with Crippen LogP contribution in [0.25, 0.3) is 0 Å². The molecule has 19 heavy (non-hydrogen) atoms. The predicted octanol–water partition coefficient (Wildman–Crippen LogP) is 2.97. The van der Waals surface area contributed by atoms with E-state index in [0.717, 1.165) is 19.5 Å². The number of aryl methyl sites for hydroxylation is 2. The zero-order chi connectivity index (χ0) is 13.9. The molecule has 0 radical (unpaired) electrons. The lowest BCUT2D eigenvalue weighted by Crippen LogP contribution is -2.52. The van der Waals surface area contributed by atoms with Crippen LogP contribution in [0.4, 0.5) is 0 Å². The van der Waals surface area contributed by atoms with Gasteiger partial charge < -0.3 is 10.6 Å². The van der Waals surface area contributed by atoms with E-state index in [1.54, 1.807) is 0 Å². The van der Waals surface area contributed by atoms with Crippen molar-refractivity contribution in [2.75, 3.05) is 13.1 Å². The van der Waals surface area contributed by atoms with E-state index >= 15 is 0 Å². The van der Waals surface area contributed by atoms with Gasteiger partial charge in [-0.25, -0.2) is 0 Å². The van der Waals surface area contributed by atoms with Crippen molar-refractivity contribution in [1.29, 1.82) is 0 Å². The third kappa shape index (κ3) is 4.32. The van der Waals surface area contributed by atoms with E-state index < -0.39 is 0 Å². The Bertz CT molecular complexity index is 423. The van der Waals surface area contributed by atoms with Crippen LogP contribution >= 0.6 is 0 Å². The Kier molecular flexibility index (Phi) is 4.64. The molecule has 1 aromatic carbocycles. The molecule has 0 spiro atoms. The minimum absolute atomic E-state index is 0.287. The Balaban J connectivity index is 1.80. The minimum Gasteiger partial charge on any atom is -0.314 e. The molecule has 1 aliphatic rings. The van der Waals surface area contributed by atoms with E-state index in [4.69, 9.17) is 0 Å². The summed E-state index contributed by atoms with van der Waals surface area (Å²) in [7, 11) is 0. The fourth-order valence-electron chi connectivity index (χ4n) is 3.09. The van der Waals surface area contributed by atoms with Gasteiger partial charge in [0.05, 0.1) is 0 Å². The average Bonchev–Trinajstić information content (AvgIpc) is 2.31. The Hall–Kier alpha value is -0.860. The molecule has 1 unspecified atom stereocenters. The van der Waals surface area contributed by atoms with Crippen LogP contribution in [0.3, 0.4) is 0 Å². The molecule has 2 N–H and O–H groups in total. The number of piperidine rings is 1. The lowest BCUT2D eigenvalue weighted by Gasteiger charge is -2.37. The molecule has 0 aliphatic carbocycles. The molecular weight excluding hydrogens is 232 g/mol. The van der Waals surface area contributed by atoms with Crippen molar-refractivity contribution in [3.8, 4) is 0 Å². The third-order valence-corrected chi connectivity index (χ3v) is 4.18. The van der Waals surface area contributed by atoms with E-state index in [1.165, 1.54) is 29.5 Å². The zero-order valence-electron chi connectivity index (χ0n) is 12.8. The first-order chi connectivity index (χ1) is 8.96. The molecule has 0 aromatic heterocycles. The monoisotopic (exact) mass is 260 g/mol. The summed E-state index contributed by atoms with van der Waals surface area (Å²) in [5.74, 6) is 0. The molecule has 2 nitrogen and oxygen atoms in total. The van der Waals surface area contributed by atoms with Crippen molar-refractivity contribution in [3.63, 3.8) is 0 Å². The van der Waals surface area contributed by atoms with Crippen molar-refractivity contribution in [3.05, 3.63) is 34.9 Å². The third-order valence-electron chi connectivity index (χ3n) is 4.18. The number of benzene rings is 1. The molecule has 1 atom stereocenters. The predicted molar refractivity (Wildman–Crippen MR) is 82.7 cm³/mol. The SMILES string of the molecule is Cc1ccc(CCNC2CCNC(C)(C)C2)c(C)c1. The van der Waals surface area contributed by atoms with Gasteiger partial charge in [-0.05, 0) is 71.2 Å². The van der Waals surface area contributed by atoms with Crippen LogP contribution in [0.2, 0.25) is 0 Å². The zero-order valence-corrected chi connectivity index (χ0v) is 12.8. The fourth-order valence-corrected chi connectivity index (χ4v) is 3.09. The van der Waals surface area contributed by atoms with Crippen LogP contribution in [0, 0.1) is 13.8 Å². The summed E-state index contributed by atoms with van der Waals surface area (Å²) in [5.41, 5.74) is 4.54. The van der Waals surface area contributed by atoms with Crippen LogP contribution in [0.1, 0.15) is 43.4 Å². The molecule has 2 heteroatoms. The first-order valence-corrected chi connectivity index (χ1v) is 7.51. The van der Waals surface area contributed by atoms with E-state index in [2.05, 4.69) is 56.5 Å². The van der Waals surface area contributed by atoms with E-state index in [-0.39, 0.29) is 5.54 Å². The highest BCUT2D eigenvalue weighted by atomic mass is 15.0. The van der Waals surface area contributed by atoms with Gasteiger partial charge in [0.25, 0.3) is 0 Å². The number of nitrogens with one attached hydrogen (secondary N) is 2. The lowest BCUT2D eigenvalue weighted by molar-refractivity contribution is 0.249. The van der Waals surface area contributed by atoms with Gasteiger partial charge >= 0.3 is 0 Å². The van der Waals surface area contributed by atoms with Gasteiger partial charge in [-0.15, -0.1) is 0 Å². The molecule has 1 fully saturated rings. The fraction of sp³-hybridized carbons (Fsp3) is 0.647. The summed E-state index contributed by atoms with van der Waals surface area (Å²) in [4.78, 5) is 0. The second-order valence-corrected chi connectivity index (χ2v) is 6.63. The second-order valence-electron chi connectivity index (χ2n) is 6.63. The quantitative estimate of drug-likeness (QED) is 0.870. The van der Waals surface area contributed by atoms with Crippen LogP contribution in [0.5, 0.6) is 0 Å². The second kappa shape index (κ2) is 6.06. The highest BCUT2D eigenvalue weighted by Crippen LogP contribution is 2.18. The van der Waals surface area contributed by atoms with Gasteiger partial charge in [-0.3, -0.25) is 0 Å². The number of hydrogen-bond donors (Lipinski definition) is 2. The summed E-state index contributed by atoms with van der Waals surface area (Å²) < 4.78 is 0. The number of rotatable bonds is 4. The summed E-state index contributed by atoms with van der Waals surface area (Å²) >= 11 is 0. The molecule has 1 aromatic rings. The van der Waals surface area contributed by atoms with Crippen LogP contribution in [0.15, 0.2) is 18.2 Å². The topological polar surface area (TPSA) is 24.1 Å². The first-order valence-electron chi connectivity index (χ1n) is 7.51. The maximum atomic E-state index is 3.73. The van der Waals surface area contributed by atoms with Crippen molar-refractivity contribution in [2.24, 2.45) is 0 Å².